The van der Waals surface area contributed by atoms with Crippen molar-refractivity contribution in [3.63, 3.8) is 0 Å². The molecule has 0 amide bonds. The number of ether oxygens (including phenoxy) is 1. The molecule has 2 heterocycles. The highest BCUT2D eigenvalue weighted by atomic mass is 35.5. The highest BCUT2D eigenvalue weighted by molar-refractivity contribution is 6.30. The second-order valence-corrected chi connectivity index (χ2v) is 5.06. The maximum Gasteiger partial charge on any atom is 0.233 e. The maximum atomic E-state index is 9.39. The van der Waals surface area contributed by atoms with Crippen LogP contribution in [0.3, 0.4) is 0 Å². The van der Waals surface area contributed by atoms with Crippen LogP contribution in [-0.2, 0) is 20.3 Å². The van der Waals surface area contributed by atoms with E-state index >= 15 is 0 Å². The van der Waals surface area contributed by atoms with Crippen molar-refractivity contribution in [2.45, 2.75) is 13.2 Å². The molecule has 3 aromatic rings. The van der Waals surface area contributed by atoms with Crippen molar-refractivity contribution in [1.29, 1.82) is 0 Å². The first-order valence-corrected chi connectivity index (χ1v) is 6.94. The summed E-state index contributed by atoms with van der Waals surface area (Å²) in [6.45, 7) is -0.0736. The normalized spacial score (nSPS) is 10.9. The molecule has 1 N–H and O–H groups in total. The van der Waals surface area contributed by atoms with Crippen molar-refractivity contribution in [2.24, 2.45) is 7.05 Å². The number of aliphatic hydroxyl groups is 1. The molecule has 0 fully saturated rings. The predicted molar refractivity (Wildman–Crippen MR) is 79.2 cm³/mol. The topological polar surface area (TPSA) is 73.3 Å². The van der Waals surface area contributed by atoms with Gasteiger partial charge in [0.1, 0.15) is 18.9 Å². The standard InChI is InChI=1S/C15H13ClN3O3/c1-19-7-6-14(17-19)21-9-12-13(8-20)22-18-15(12)10-2-4-11(16)5-3-10/h2-6,20H,8-9H2,1H3. The van der Waals surface area contributed by atoms with Gasteiger partial charge < -0.3 is 14.4 Å². The third kappa shape index (κ3) is 2.98. The summed E-state index contributed by atoms with van der Waals surface area (Å²) in [5.41, 5.74) is 2.12. The molecule has 0 saturated carbocycles. The number of rotatable bonds is 5. The first-order valence-electron chi connectivity index (χ1n) is 6.56. The lowest BCUT2D eigenvalue weighted by Gasteiger charge is -2.05. The average molecular weight is 319 g/mol. The van der Waals surface area contributed by atoms with Gasteiger partial charge in [-0.25, -0.2) is 0 Å². The Morgan fingerprint density at radius 3 is 2.77 bits per heavy atom. The quantitative estimate of drug-likeness (QED) is 0.782. The zero-order valence-electron chi connectivity index (χ0n) is 11.8. The lowest BCUT2D eigenvalue weighted by atomic mass is 10.1. The minimum absolute atomic E-state index is 0.183. The molecule has 0 bridgehead atoms. The van der Waals surface area contributed by atoms with Gasteiger partial charge in [0.25, 0.3) is 0 Å². The summed E-state index contributed by atoms with van der Waals surface area (Å²) in [5.74, 6) is 0.805. The Labute approximate surface area is 131 Å². The van der Waals surface area contributed by atoms with Gasteiger partial charge in [-0.3, -0.25) is 4.68 Å². The number of benzene rings is 1. The third-order valence-electron chi connectivity index (χ3n) is 3.12. The van der Waals surface area contributed by atoms with E-state index in [-0.39, 0.29) is 13.2 Å². The summed E-state index contributed by atoms with van der Waals surface area (Å²) in [7, 11) is 1.75. The van der Waals surface area contributed by atoms with E-state index in [2.05, 4.69) is 16.5 Å². The monoisotopic (exact) mass is 318 g/mol. The SMILES string of the molecule is Cn1[c]cc(OCc2c(-c3ccc(Cl)cc3)noc2CO)n1. The van der Waals surface area contributed by atoms with Gasteiger partial charge in [-0.2, -0.15) is 0 Å². The van der Waals surface area contributed by atoms with E-state index in [0.29, 0.717) is 27.9 Å². The minimum atomic E-state index is -0.256. The largest absolute Gasteiger partial charge is 0.471 e. The van der Waals surface area contributed by atoms with Gasteiger partial charge in [0.05, 0.1) is 11.8 Å². The lowest BCUT2D eigenvalue weighted by Crippen LogP contribution is -2.00. The molecule has 6 nitrogen and oxygen atoms in total. The Bertz CT molecular complexity index is 765. The van der Waals surface area contributed by atoms with Crippen LogP contribution in [0, 0.1) is 6.20 Å². The van der Waals surface area contributed by atoms with Gasteiger partial charge in [0.2, 0.25) is 5.88 Å². The summed E-state index contributed by atoms with van der Waals surface area (Å²) in [4.78, 5) is 0. The van der Waals surface area contributed by atoms with Crippen LogP contribution in [-0.4, -0.2) is 20.0 Å². The number of aliphatic hydroxyl groups excluding tert-OH is 1. The summed E-state index contributed by atoms with van der Waals surface area (Å²) in [5, 5.41) is 18.1. The highest BCUT2D eigenvalue weighted by Crippen LogP contribution is 2.27. The number of hydrogen-bond acceptors (Lipinski definition) is 5. The molecule has 0 spiro atoms. The van der Waals surface area contributed by atoms with Crippen LogP contribution in [0.1, 0.15) is 11.3 Å². The smallest absolute Gasteiger partial charge is 0.233 e. The van der Waals surface area contributed by atoms with Gasteiger partial charge in [0, 0.05) is 23.7 Å². The Morgan fingerprint density at radius 2 is 2.14 bits per heavy atom. The van der Waals surface area contributed by atoms with Crippen molar-refractivity contribution in [1.82, 2.24) is 14.9 Å². The molecular weight excluding hydrogens is 306 g/mol. The molecule has 0 saturated heterocycles. The first-order chi connectivity index (χ1) is 10.7. The highest BCUT2D eigenvalue weighted by Gasteiger charge is 2.18. The molecule has 3 rings (SSSR count). The number of hydrogen-bond donors (Lipinski definition) is 1. The van der Waals surface area contributed by atoms with Crippen LogP contribution >= 0.6 is 11.6 Å². The number of aryl methyl sites for hydroxylation is 1. The Morgan fingerprint density at radius 1 is 1.36 bits per heavy atom. The predicted octanol–water partition coefficient (Wildman–Crippen LogP) is 2.60. The van der Waals surface area contributed by atoms with Crippen molar-refractivity contribution in [3.05, 3.63) is 52.9 Å². The lowest BCUT2D eigenvalue weighted by molar-refractivity contribution is 0.220. The third-order valence-corrected chi connectivity index (χ3v) is 3.37. The fourth-order valence-corrected chi connectivity index (χ4v) is 2.15. The van der Waals surface area contributed by atoms with E-state index in [0.717, 1.165) is 5.56 Å². The fourth-order valence-electron chi connectivity index (χ4n) is 2.02. The fraction of sp³-hybridized carbons (Fsp3) is 0.200. The van der Waals surface area contributed by atoms with E-state index in [1.54, 1.807) is 25.2 Å². The van der Waals surface area contributed by atoms with Crippen molar-refractivity contribution < 1.29 is 14.4 Å². The van der Waals surface area contributed by atoms with E-state index in [1.165, 1.54) is 4.68 Å². The van der Waals surface area contributed by atoms with Crippen molar-refractivity contribution in [3.8, 4) is 17.1 Å². The van der Waals surface area contributed by atoms with Crippen LogP contribution in [0.25, 0.3) is 11.3 Å². The summed E-state index contributed by atoms with van der Waals surface area (Å²) in [6, 6.07) is 8.83. The molecule has 1 aromatic carbocycles. The second-order valence-electron chi connectivity index (χ2n) is 4.62. The van der Waals surface area contributed by atoms with E-state index < -0.39 is 0 Å². The number of nitrogens with zero attached hydrogens (tertiary/aromatic N) is 3. The second kappa shape index (κ2) is 6.21. The van der Waals surface area contributed by atoms with E-state index in [9.17, 15) is 5.11 Å². The molecule has 22 heavy (non-hydrogen) atoms. The van der Waals surface area contributed by atoms with Crippen LogP contribution in [0.4, 0.5) is 0 Å². The first kappa shape index (κ1) is 14.6. The zero-order valence-corrected chi connectivity index (χ0v) is 12.5. The Kier molecular flexibility index (Phi) is 4.13. The number of aromatic nitrogens is 3. The minimum Gasteiger partial charge on any atom is -0.471 e. The summed E-state index contributed by atoms with van der Waals surface area (Å²) < 4.78 is 12.3. The maximum absolute atomic E-state index is 9.39. The molecule has 7 heteroatoms. The molecule has 0 aliphatic carbocycles. The molecule has 1 radical (unpaired) electrons. The average Bonchev–Trinajstić information content (AvgIpc) is 3.11. The molecule has 0 aliphatic rings. The molecule has 0 atom stereocenters. The van der Waals surface area contributed by atoms with Gasteiger partial charge in [-0.05, 0) is 12.1 Å². The Hall–Kier alpha value is -2.31. The molecule has 0 unspecified atom stereocenters. The van der Waals surface area contributed by atoms with E-state index in [4.69, 9.17) is 20.9 Å². The van der Waals surface area contributed by atoms with Crippen LogP contribution < -0.4 is 4.74 Å². The number of halogens is 1. The van der Waals surface area contributed by atoms with E-state index in [1.807, 2.05) is 12.1 Å². The Balaban J connectivity index is 1.88. The molecule has 0 aliphatic heterocycles. The molecule has 2 aromatic heterocycles. The van der Waals surface area contributed by atoms with Crippen LogP contribution in [0.5, 0.6) is 5.88 Å². The van der Waals surface area contributed by atoms with Crippen LogP contribution in [0.2, 0.25) is 5.02 Å². The van der Waals surface area contributed by atoms with Gasteiger partial charge in [-0.15, -0.1) is 5.10 Å². The van der Waals surface area contributed by atoms with Crippen LogP contribution in [0.15, 0.2) is 34.9 Å². The van der Waals surface area contributed by atoms with Gasteiger partial charge >= 0.3 is 0 Å². The summed E-state index contributed by atoms with van der Waals surface area (Å²) in [6.07, 6.45) is 2.86. The molecular formula is C15H13ClN3O3. The van der Waals surface area contributed by atoms with Crippen molar-refractivity contribution in [2.75, 3.05) is 0 Å². The van der Waals surface area contributed by atoms with Crippen molar-refractivity contribution >= 4 is 11.6 Å². The molecule has 113 valence electrons. The van der Waals surface area contributed by atoms with Gasteiger partial charge in [0.15, 0.2) is 5.76 Å². The van der Waals surface area contributed by atoms with Gasteiger partial charge in [-0.1, -0.05) is 28.9 Å². The zero-order chi connectivity index (χ0) is 15.5. The summed E-state index contributed by atoms with van der Waals surface area (Å²) >= 11 is 5.89.